The highest BCUT2D eigenvalue weighted by molar-refractivity contribution is 4.94. The lowest BCUT2D eigenvalue weighted by Crippen LogP contribution is -2.63. The lowest BCUT2D eigenvalue weighted by atomic mass is 9.89. The van der Waals surface area contributed by atoms with Crippen LogP contribution in [-0.2, 0) is 0 Å². The average molecular weight is 240 g/mol. The van der Waals surface area contributed by atoms with Crippen LogP contribution in [0.5, 0.6) is 0 Å². The van der Waals surface area contributed by atoms with Gasteiger partial charge in [0.25, 0.3) is 0 Å². The molecule has 0 aromatic carbocycles. The molecule has 1 fully saturated rings. The Hall–Kier alpha value is -0.0800. The van der Waals surface area contributed by atoms with E-state index in [-0.39, 0.29) is 0 Å². The topological polar surface area (TPSA) is 15.3 Å². The second-order valence-electron chi connectivity index (χ2n) is 6.28. The summed E-state index contributed by atoms with van der Waals surface area (Å²) in [6.07, 6.45) is 3.76. The summed E-state index contributed by atoms with van der Waals surface area (Å²) in [6.45, 7) is 16.5. The third kappa shape index (κ3) is 3.45. The van der Waals surface area contributed by atoms with Crippen LogP contribution in [0.4, 0.5) is 0 Å². The Bertz CT molecular complexity index is 225. The van der Waals surface area contributed by atoms with Crippen LogP contribution in [0.2, 0.25) is 0 Å². The fraction of sp³-hybridized carbons (Fsp3) is 1.00. The van der Waals surface area contributed by atoms with E-state index in [9.17, 15) is 0 Å². The SMILES string of the molecule is CCC(C)C1CN(C(C)(C)CC)C(CC)CN1. The van der Waals surface area contributed by atoms with Crippen LogP contribution < -0.4 is 5.32 Å². The Balaban J connectivity index is 2.75. The second-order valence-corrected chi connectivity index (χ2v) is 6.28. The van der Waals surface area contributed by atoms with Gasteiger partial charge in [-0.05, 0) is 32.6 Å². The number of piperazine rings is 1. The molecule has 17 heavy (non-hydrogen) atoms. The zero-order valence-electron chi connectivity index (χ0n) is 12.7. The van der Waals surface area contributed by atoms with E-state index in [1.54, 1.807) is 0 Å². The largest absolute Gasteiger partial charge is 0.311 e. The van der Waals surface area contributed by atoms with E-state index in [4.69, 9.17) is 0 Å². The van der Waals surface area contributed by atoms with Gasteiger partial charge in [0.2, 0.25) is 0 Å². The van der Waals surface area contributed by atoms with Crippen molar-refractivity contribution in [3.05, 3.63) is 0 Å². The Morgan fingerprint density at radius 1 is 1.29 bits per heavy atom. The minimum Gasteiger partial charge on any atom is -0.311 e. The molecule has 2 heteroatoms. The van der Waals surface area contributed by atoms with Crippen LogP contribution in [-0.4, -0.2) is 35.6 Å². The predicted molar refractivity (Wildman–Crippen MR) is 76.4 cm³/mol. The zero-order chi connectivity index (χ0) is 13.1. The fourth-order valence-corrected chi connectivity index (χ4v) is 2.80. The summed E-state index contributed by atoms with van der Waals surface area (Å²) in [4.78, 5) is 2.75. The van der Waals surface area contributed by atoms with Crippen LogP contribution in [0.3, 0.4) is 0 Å². The molecule has 0 aromatic heterocycles. The molecule has 0 bridgehead atoms. The molecule has 0 spiro atoms. The summed E-state index contributed by atoms with van der Waals surface area (Å²) in [7, 11) is 0. The molecule has 1 rings (SSSR count). The molecule has 0 aromatic rings. The van der Waals surface area contributed by atoms with Gasteiger partial charge in [0.05, 0.1) is 0 Å². The maximum atomic E-state index is 3.76. The number of rotatable bonds is 5. The summed E-state index contributed by atoms with van der Waals surface area (Å²) < 4.78 is 0. The summed E-state index contributed by atoms with van der Waals surface area (Å²) in [6, 6.07) is 1.39. The van der Waals surface area contributed by atoms with Crippen molar-refractivity contribution in [3.8, 4) is 0 Å². The quantitative estimate of drug-likeness (QED) is 0.793. The highest BCUT2D eigenvalue weighted by Gasteiger charge is 2.36. The Kier molecular flexibility index (Phi) is 5.46. The molecule has 0 amide bonds. The first-order valence-corrected chi connectivity index (χ1v) is 7.46. The van der Waals surface area contributed by atoms with Gasteiger partial charge in [-0.1, -0.05) is 34.1 Å². The third-order valence-corrected chi connectivity index (χ3v) is 4.89. The molecule has 1 saturated heterocycles. The van der Waals surface area contributed by atoms with Crippen molar-refractivity contribution in [2.45, 2.75) is 78.4 Å². The Labute approximate surface area is 108 Å². The van der Waals surface area contributed by atoms with Crippen molar-refractivity contribution in [1.82, 2.24) is 10.2 Å². The summed E-state index contributed by atoms with van der Waals surface area (Å²) in [5.41, 5.74) is 0.342. The van der Waals surface area contributed by atoms with Crippen molar-refractivity contribution in [3.63, 3.8) is 0 Å². The van der Waals surface area contributed by atoms with Gasteiger partial charge in [0.1, 0.15) is 0 Å². The van der Waals surface area contributed by atoms with E-state index in [0.29, 0.717) is 17.6 Å². The lowest BCUT2D eigenvalue weighted by Gasteiger charge is -2.50. The molecule has 3 atom stereocenters. The predicted octanol–water partition coefficient (Wildman–Crippen LogP) is 3.27. The van der Waals surface area contributed by atoms with Crippen molar-refractivity contribution >= 4 is 0 Å². The van der Waals surface area contributed by atoms with Crippen molar-refractivity contribution in [2.24, 2.45) is 5.92 Å². The van der Waals surface area contributed by atoms with Gasteiger partial charge in [-0.3, -0.25) is 4.90 Å². The number of nitrogens with one attached hydrogen (secondary N) is 1. The molecular formula is C15H32N2. The summed E-state index contributed by atoms with van der Waals surface area (Å²) >= 11 is 0. The molecule has 2 nitrogen and oxygen atoms in total. The molecular weight excluding hydrogens is 208 g/mol. The third-order valence-electron chi connectivity index (χ3n) is 4.89. The fourth-order valence-electron chi connectivity index (χ4n) is 2.80. The van der Waals surface area contributed by atoms with Gasteiger partial charge >= 0.3 is 0 Å². The molecule has 0 radical (unpaired) electrons. The van der Waals surface area contributed by atoms with Crippen LogP contribution in [0.15, 0.2) is 0 Å². The van der Waals surface area contributed by atoms with Gasteiger partial charge in [-0.2, -0.15) is 0 Å². The van der Waals surface area contributed by atoms with E-state index in [2.05, 4.69) is 51.8 Å². The van der Waals surface area contributed by atoms with E-state index < -0.39 is 0 Å². The summed E-state index contributed by atoms with van der Waals surface area (Å²) in [5, 5.41) is 3.76. The normalized spacial score (nSPS) is 29.3. The molecule has 0 aliphatic carbocycles. The van der Waals surface area contributed by atoms with Gasteiger partial charge in [-0.15, -0.1) is 0 Å². The zero-order valence-corrected chi connectivity index (χ0v) is 12.7. The molecule has 1 heterocycles. The minimum absolute atomic E-state index is 0.342. The minimum atomic E-state index is 0.342. The molecule has 1 N–H and O–H groups in total. The Morgan fingerprint density at radius 3 is 2.41 bits per heavy atom. The summed E-state index contributed by atoms with van der Waals surface area (Å²) in [5.74, 6) is 0.781. The maximum Gasteiger partial charge on any atom is 0.0224 e. The standard InChI is InChI=1S/C15H32N2/c1-7-12(4)14-11-17(15(5,6)9-3)13(8-2)10-16-14/h12-14,16H,7-11H2,1-6H3. The van der Waals surface area contributed by atoms with Crippen LogP contribution in [0.1, 0.15) is 60.8 Å². The highest BCUT2D eigenvalue weighted by Crippen LogP contribution is 2.27. The molecule has 3 unspecified atom stereocenters. The molecule has 0 saturated carbocycles. The van der Waals surface area contributed by atoms with Gasteiger partial charge in [0, 0.05) is 30.7 Å². The maximum absolute atomic E-state index is 3.76. The van der Waals surface area contributed by atoms with E-state index >= 15 is 0 Å². The number of hydrogen-bond donors (Lipinski definition) is 1. The lowest BCUT2D eigenvalue weighted by molar-refractivity contribution is 0.0163. The number of nitrogens with zero attached hydrogens (tertiary/aromatic N) is 1. The number of hydrogen-bond acceptors (Lipinski definition) is 2. The smallest absolute Gasteiger partial charge is 0.0224 e. The first-order valence-electron chi connectivity index (χ1n) is 7.46. The van der Waals surface area contributed by atoms with Crippen molar-refractivity contribution in [2.75, 3.05) is 13.1 Å². The van der Waals surface area contributed by atoms with Gasteiger partial charge in [-0.25, -0.2) is 0 Å². The van der Waals surface area contributed by atoms with E-state index in [1.807, 2.05) is 0 Å². The monoisotopic (exact) mass is 240 g/mol. The molecule has 1 aliphatic heterocycles. The molecule has 1 aliphatic rings. The van der Waals surface area contributed by atoms with E-state index in [0.717, 1.165) is 12.5 Å². The highest BCUT2D eigenvalue weighted by atomic mass is 15.3. The molecule has 102 valence electrons. The van der Waals surface area contributed by atoms with E-state index in [1.165, 1.54) is 25.8 Å². The van der Waals surface area contributed by atoms with Crippen LogP contribution in [0, 0.1) is 5.92 Å². The van der Waals surface area contributed by atoms with Crippen molar-refractivity contribution < 1.29 is 0 Å². The van der Waals surface area contributed by atoms with Crippen molar-refractivity contribution in [1.29, 1.82) is 0 Å². The second kappa shape index (κ2) is 6.19. The average Bonchev–Trinajstić information content (AvgIpc) is 2.36. The van der Waals surface area contributed by atoms with Crippen LogP contribution in [0.25, 0.3) is 0 Å². The first kappa shape index (κ1) is 15.0. The van der Waals surface area contributed by atoms with Gasteiger partial charge < -0.3 is 5.32 Å². The Morgan fingerprint density at radius 2 is 1.94 bits per heavy atom. The van der Waals surface area contributed by atoms with Gasteiger partial charge in [0.15, 0.2) is 0 Å². The first-order chi connectivity index (χ1) is 7.96. The van der Waals surface area contributed by atoms with Crippen LogP contribution >= 0.6 is 0 Å².